The van der Waals surface area contributed by atoms with Crippen molar-refractivity contribution in [1.82, 2.24) is 24.6 Å². The minimum atomic E-state index is 0.455. The van der Waals surface area contributed by atoms with E-state index >= 15 is 0 Å². The summed E-state index contributed by atoms with van der Waals surface area (Å²) in [6, 6.07) is 2.50. The molecule has 0 saturated carbocycles. The van der Waals surface area contributed by atoms with Crippen LogP contribution in [0.4, 0.5) is 5.82 Å². The Kier molecular flexibility index (Phi) is 5.17. The zero-order valence-electron chi connectivity index (χ0n) is 15.7. The predicted molar refractivity (Wildman–Crippen MR) is 101 cm³/mol. The van der Waals surface area contributed by atoms with Crippen LogP contribution in [-0.2, 0) is 4.74 Å². The molecule has 0 aromatic carbocycles. The Bertz CT molecular complexity index is 731. The number of aryl methyl sites for hydroxylation is 2. The van der Waals surface area contributed by atoms with Gasteiger partial charge in [-0.3, -0.25) is 4.98 Å². The first-order chi connectivity index (χ1) is 12.7. The van der Waals surface area contributed by atoms with E-state index in [4.69, 9.17) is 9.72 Å². The van der Waals surface area contributed by atoms with E-state index in [-0.39, 0.29) is 0 Å². The van der Waals surface area contributed by atoms with Crippen molar-refractivity contribution in [2.45, 2.75) is 39.2 Å². The van der Waals surface area contributed by atoms with Crippen molar-refractivity contribution in [1.29, 1.82) is 0 Å². The number of aromatic nitrogens is 4. The average Bonchev–Trinajstić information content (AvgIpc) is 3.26. The van der Waals surface area contributed by atoms with Crippen LogP contribution in [0.5, 0.6) is 0 Å². The van der Waals surface area contributed by atoms with Crippen molar-refractivity contribution < 1.29 is 4.74 Å². The van der Waals surface area contributed by atoms with Gasteiger partial charge >= 0.3 is 0 Å². The Morgan fingerprint density at radius 3 is 2.73 bits per heavy atom. The van der Waals surface area contributed by atoms with E-state index < -0.39 is 0 Å². The Morgan fingerprint density at radius 1 is 1.19 bits per heavy atom. The molecule has 4 heterocycles. The monoisotopic (exact) mass is 356 g/mol. The van der Waals surface area contributed by atoms with Gasteiger partial charge in [0.15, 0.2) is 5.82 Å². The second-order valence-corrected chi connectivity index (χ2v) is 7.55. The third-order valence-electron chi connectivity index (χ3n) is 5.33. The Morgan fingerprint density at radius 2 is 2.04 bits per heavy atom. The average molecular weight is 356 g/mol. The van der Waals surface area contributed by atoms with E-state index in [0.29, 0.717) is 6.04 Å². The minimum absolute atomic E-state index is 0.455. The van der Waals surface area contributed by atoms with E-state index in [0.717, 1.165) is 68.1 Å². The lowest BCUT2D eigenvalue weighted by Crippen LogP contribution is -2.41. The van der Waals surface area contributed by atoms with Gasteiger partial charge < -0.3 is 15.0 Å². The molecule has 0 aliphatic carbocycles. The number of ether oxygens (including phenoxy) is 1. The number of hydrogen-bond acceptors (Lipinski definition) is 6. The van der Waals surface area contributed by atoms with Crippen LogP contribution in [0, 0.1) is 19.8 Å². The molecule has 2 fully saturated rings. The van der Waals surface area contributed by atoms with E-state index in [9.17, 15) is 0 Å². The van der Waals surface area contributed by atoms with Crippen LogP contribution in [0.1, 0.15) is 30.7 Å². The SMILES string of the molecule is Cc1cc(C)n(-c2cncc(NC3CCN(CC4CCOC4)CC3)n2)n1. The molecule has 2 saturated heterocycles. The molecule has 4 rings (SSSR count). The van der Waals surface area contributed by atoms with E-state index in [1.165, 1.54) is 13.0 Å². The summed E-state index contributed by atoms with van der Waals surface area (Å²) in [7, 11) is 0. The molecular formula is C19H28N6O. The summed E-state index contributed by atoms with van der Waals surface area (Å²) >= 11 is 0. The third-order valence-corrected chi connectivity index (χ3v) is 5.33. The van der Waals surface area contributed by atoms with Gasteiger partial charge in [-0.15, -0.1) is 0 Å². The largest absolute Gasteiger partial charge is 0.381 e. The van der Waals surface area contributed by atoms with Gasteiger partial charge in [0.05, 0.1) is 24.7 Å². The Balaban J connectivity index is 1.33. The normalized spacial score (nSPS) is 22.0. The summed E-state index contributed by atoms with van der Waals surface area (Å²) in [6.07, 6.45) is 7.06. The van der Waals surface area contributed by atoms with Crippen LogP contribution in [0.25, 0.3) is 5.82 Å². The second kappa shape index (κ2) is 7.72. The molecule has 0 radical (unpaired) electrons. The van der Waals surface area contributed by atoms with Crippen molar-refractivity contribution in [2.75, 3.05) is 38.2 Å². The highest BCUT2D eigenvalue weighted by molar-refractivity contribution is 5.37. The lowest BCUT2D eigenvalue weighted by molar-refractivity contribution is 0.154. The van der Waals surface area contributed by atoms with E-state index in [1.807, 2.05) is 24.6 Å². The molecule has 0 bridgehead atoms. The first-order valence-electron chi connectivity index (χ1n) is 9.60. The number of likely N-dealkylation sites (tertiary alicyclic amines) is 1. The lowest BCUT2D eigenvalue weighted by atomic mass is 10.0. The topological polar surface area (TPSA) is 68.1 Å². The fraction of sp³-hybridized carbons (Fsp3) is 0.632. The van der Waals surface area contributed by atoms with Crippen LogP contribution >= 0.6 is 0 Å². The summed E-state index contributed by atoms with van der Waals surface area (Å²) < 4.78 is 7.34. The van der Waals surface area contributed by atoms with Gasteiger partial charge in [-0.05, 0) is 45.1 Å². The third kappa shape index (κ3) is 4.04. The van der Waals surface area contributed by atoms with E-state index in [2.05, 4.69) is 20.3 Å². The standard InChI is InChI=1S/C19H28N6O/c1-14-9-15(2)25(23-14)19-11-20-10-18(22-19)21-17-3-6-24(7-4-17)12-16-5-8-26-13-16/h9-11,16-17H,3-8,12-13H2,1-2H3,(H,21,22). The number of rotatable bonds is 5. The molecule has 140 valence electrons. The van der Waals surface area contributed by atoms with Crippen LogP contribution in [0.3, 0.4) is 0 Å². The van der Waals surface area contributed by atoms with Gasteiger partial charge in [0.2, 0.25) is 0 Å². The van der Waals surface area contributed by atoms with Crippen molar-refractivity contribution >= 4 is 5.82 Å². The summed E-state index contributed by atoms with van der Waals surface area (Å²) in [4.78, 5) is 11.6. The van der Waals surface area contributed by atoms with Crippen molar-refractivity contribution in [3.05, 3.63) is 29.8 Å². The van der Waals surface area contributed by atoms with Crippen LogP contribution < -0.4 is 5.32 Å². The van der Waals surface area contributed by atoms with Crippen LogP contribution in [0.15, 0.2) is 18.5 Å². The molecule has 1 unspecified atom stereocenters. The second-order valence-electron chi connectivity index (χ2n) is 7.55. The lowest BCUT2D eigenvalue weighted by Gasteiger charge is -2.33. The van der Waals surface area contributed by atoms with Gasteiger partial charge in [-0.2, -0.15) is 5.10 Å². The fourth-order valence-electron chi connectivity index (χ4n) is 3.95. The molecule has 2 aromatic heterocycles. The molecule has 1 atom stereocenters. The molecule has 26 heavy (non-hydrogen) atoms. The van der Waals surface area contributed by atoms with Crippen molar-refractivity contribution in [3.63, 3.8) is 0 Å². The maximum Gasteiger partial charge on any atom is 0.174 e. The number of anilines is 1. The Labute approximate surface area is 154 Å². The fourth-order valence-corrected chi connectivity index (χ4v) is 3.95. The Hall–Kier alpha value is -1.99. The highest BCUT2D eigenvalue weighted by Crippen LogP contribution is 2.20. The maximum absolute atomic E-state index is 5.49. The number of hydrogen-bond donors (Lipinski definition) is 1. The first-order valence-corrected chi connectivity index (χ1v) is 9.60. The smallest absolute Gasteiger partial charge is 0.174 e. The molecule has 0 spiro atoms. The molecule has 7 heteroatoms. The summed E-state index contributed by atoms with van der Waals surface area (Å²) in [5.74, 6) is 2.32. The minimum Gasteiger partial charge on any atom is -0.381 e. The predicted octanol–water partition coefficient (Wildman–Crippen LogP) is 2.19. The molecule has 2 aromatic rings. The van der Waals surface area contributed by atoms with Crippen molar-refractivity contribution in [3.8, 4) is 5.82 Å². The maximum atomic E-state index is 5.49. The highest BCUT2D eigenvalue weighted by Gasteiger charge is 2.24. The molecule has 0 amide bonds. The zero-order chi connectivity index (χ0) is 17.9. The molecule has 2 aliphatic heterocycles. The highest BCUT2D eigenvalue weighted by atomic mass is 16.5. The first kappa shape index (κ1) is 17.4. The summed E-state index contributed by atoms with van der Waals surface area (Å²) in [5.41, 5.74) is 2.06. The zero-order valence-corrected chi connectivity index (χ0v) is 15.7. The van der Waals surface area contributed by atoms with Gasteiger partial charge in [0.1, 0.15) is 5.82 Å². The van der Waals surface area contributed by atoms with Gasteiger partial charge in [-0.1, -0.05) is 0 Å². The molecular weight excluding hydrogens is 328 g/mol. The van der Waals surface area contributed by atoms with Crippen LogP contribution in [-0.4, -0.2) is 63.5 Å². The van der Waals surface area contributed by atoms with Gasteiger partial charge in [-0.25, -0.2) is 9.67 Å². The number of nitrogens with zero attached hydrogens (tertiary/aromatic N) is 5. The number of piperidine rings is 1. The summed E-state index contributed by atoms with van der Waals surface area (Å²) in [5, 5.41) is 8.06. The molecule has 1 N–H and O–H groups in total. The van der Waals surface area contributed by atoms with Crippen molar-refractivity contribution in [2.24, 2.45) is 5.92 Å². The van der Waals surface area contributed by atoms with Gasteiger partial charge in [0, 0.05) is 38.0 Å². The van der Waals surface area contributed by atoms with Gasteiger partial charge in [0.25, 0.3) is 0 Å². The molecule has 7 nitrogen and oxygen atoms in total. The molecule has 2 aliphatic rings. The number of nitrogens with one attached hydrogen (secondary N) is 1. The quantitative estimate of drug-likeness (QED) is 0.886. The summed E-state index contributed by atoms with van der Waals surface area (Å²) in [6.45, 7) is 9.36. The van der Waals surface area contributed by atoms with Crippen LogP contribution in [0.2, 0.25) is 0 Å². The van der Waals surface area contributed by atoms with E-state index in [1.54, 1.807) is 12.4 Å².